The lowest BCUT2D eigenvalue weighted by Gasteiger charge is -2.32. The minimum Gasteiger partial charge on any atom is -0.303 e. The lowest BCUT2D eigenvalue weighted by Crippen LogP contribution is -2.30. The van der Waals surface area contributed by atoms with Crippen LogP contribution in [0.2, 0.25) is 0 Å². The summed E-state index contributed by atoms with van der Waals surface area (Å²) >= 11 is 0. The molecule has 1 nitrogen and oxygen atoms in total. The second-order valence-corrected chi connectivity index (χ2v) is 4.31. The summed E-state index contributed by atoms with van der Waals surface area (Å²) in [5.41, 5.74) is -1.06. The number of rotatable bonds is 2. The molecule has 0 aromatic heterocycles. The molecule has 70 valence electrons. The minimum absolute atomic E-state index is 0.161. The van der Waals surface area contributed by atoms with Crippen LogP contribution in [0.5, 0.6) is 0 Å². The zero-order valence-corrected chi connectivity index (χ0v) is 7.85. The summed E-state index contributed by atoms with van der Waals surface area (Å²) in [4.78, 5) is 10.4. The molecule has 0 aliphatic heterocycles. The Kier molecular flexibility index (Phi) is 2.86. The van der Waals surface area contributed by atoms with E-state index in [-0.39, 0.29) is 11.8 Å². The smallest absolute Gasteiger partial charge is 0.123 e. The summed E-state index contributed by atoms with van der Waals surface area (Å²) in [5, 5.41) is 0. The number of halogens is 1. The first-order chi connectivity index (χ1) is 5.54. The van der Waals surface area contributed by atoms with E-state index in [1.54, 1.807) is 13.8 Å². The Labute approximate surface area is 73.3 Å². The van der Waals surface area contributed by atoms with Crippen molar-refractivity contribution in [2.45, 2.75) is 45.2 Å². The third-order valence-corrected chi connectivity index (χ3v) is 2.94. The van der Waals surface area contributed by atoms with Crippen molar-refractivity contribution in [2.75, 3.05) is 0 Å². The van der Waals surface area contributed by atoms with Crippen LogP contribution in [0.1, 0.15) is 39.5 Å². The molecule has 0 aromatic carbocycles. The average molecular weight is 172 g/mol. The third kappa shape index (κ3) is 2.29. The molecule has 1 aliphatic carbocycles. The van der Waals surface area contributed by atoms with Crippen molar-refractivity contribution in [2.24, 2.45) is 11.8 Å². The fourth-order valence-electron chi connectivity index (χ4n) is 1.94. The van der Waals surface area contributed by atoms with Crippen LogP contribution >= 0.6 is 0 Å². The lowest BCUT2D eigenvalue weighted by atomic mass is 9.76. The van der Waals surface area contributed by atoms with Crippen molar-refractivity contribution in [1.82, 2.24) is 0 Å². The van der Waals surface area contributed by atoms with E-state index in [0.717, 1.165) is 32.0 Å². The van der Waals surface area contributed by atoms with E-state index in [4.69, 9.17) is 0 Å². The summed E-state index contributed by atoms with van der Waals surface area (Å²) in [7, 11) is 0. The summed E-state index contributed by atoms with van der Waals surface area (Å²) in [6.07, 6.45) is 4.50. The quantitative estimate of drug-likeness (QED) is 0.585. The first-order valence-electron chi connectivity index (χ1n) is 4.68. The molecule has 0 N–H and O–H groups in total. The molecule has 1 rings (SSSR count). The highest BCUT2D eigenvalue weighted by atomic mass is 19.1. The largest absolute Gasteiger partial charge is 0.303 e. The minimum atomic E-state index is -1.06. The van der Waals surface area contributed by atoms with E-state index >= 15 is 0 Å². The van der Waals surface area contributed by atoms with Crippen molar-refractivity contribution in [3.8, 4) is 0 Å². The average Bonchev–Trinajstić information content (AvgIpc) is 2.03. The zero-order valence-electron chi connectivity index (χ0n) is 7.85. The summed E-state index contributed by atoms with van der Waals surface area (Å²) in [5.74, 6) is 0.359. The second kappa shape index (κ2) is 3.55. The molecule has 12 heavy (non-hydrogen) atoms. The Hall–Kier alpha value is -0.400. The Morgan fingerprint density at radius 3 is 2.08 bits per heavy atom. The molecule has 0 unspecified atom stereocenters. The Morgan fingerprint density at radius 1 is 1.25 bits per heavy atom. The zero-order chi connectivity index (χ0) is 9.19. The van der Waals surface area contributed by atoms with Gasteiger partial charge in [0.15, 0.2) is 0 Å². The highest BCUT2D eigenvalue weighted by Crippen LogP contribution is 2.36. The molecule has 0 saturated heterocycles. The molecule has 0 radical (unpaired) electrons. The number of hydrogen-bond acceptors (Lipinski definition) is 1. The number of alkyl halides is 1. The Morgan fingerprint density at radius 2 is 1.75 bits per heavy atom. The highest BCUT2D eigenvalue weighted by Gasteiger charge is 2.32. The molecule has 0 bridgehead atoms. The van der Waals surface area contributed by atoms with Crippen molar-refractivity contribution in [3.63, 3.8) is 0 Å². The van der Waals surface area contributed by atoms with Crippen molar-refractivity contribution in [1.29, 1.82) is 0 Å². The maximum atomic E-state index is 13.4. The van der Waals surface area contributed by atoms with Gasteiger partial charge in [-0.3, -0.25) is 0 Å². The van der Waals surface area contributed by atoms with E-state index in [1.165, 1.54) is 0 Å². The SMILES string of the molecule is CC(C)(F)C1CCC(C=O)CC1. The maximum Gasteiger partial charge on any atom is 0.123 e. The number of carbonyl (C=O) groups is 1. The normalized spacial score (nSPS) is 31.6. The topological polar surface area (TPSA) is 17.1 Å². The standard InChI is InChI=1S/C10H17FO/c1-10(2,11)9-5-3-8(7-12)4-6-9/h7-9H,3-6H2,1-2H3. The van der Waals surface area contributed by atoms with Crippen LogP contribution in [-0.2, 0) is 4.79 Å². The first-order valence-corrected chi connectivity index (χ1v) is 4.68. The molecule has 0 spiro atoms. The van der Waals surface area contributed by atoms with Crippen LogP contribution in [0.3, 0.4) is 0 Å². The molecule has 1 saturated carbocycles. The van der Waals surface area contributed by atoms with Gasteiger partial charge in [-0.15, -0.1) is 0 Å². The number of hydrogen-bond donors (Lipinski definition) is 0. The van der Waals surface area contributed by atoms with Crippen molar-refractivity contribution < 1.29 is 9.18 Å². The van der Waals surface area contributed by atoms with E-state index < -0.39 is 5.67 Å². The van der Waals surface area contributed by atoms with Gasteiger partial charge in [0.05, 0.1) is 0 Å². The van der Waals surface area contributed by atoms with Gasteiger partial charge in [0, 0.05) is 5.92 Å². The number of carbonyl (C=O) groups excluding carboxylic acids is 1. The van der Waals surface area contributed by atoms with Crippen LogP contribution in [0.15, 0.2) is 0 Å². The van der Waals surface area contributed by atoms with Gasteiger partial charge in [-0.2, -0.15) is 0 Å². The fourth-order valence-corrected chi connectivity index (χ4v) is 1.94. The van der Waals surface area contributed by atoms with E-state index in [9.17, 15) is 9.18 Å². The molecule has 1 aliphatic rings. The molecule has 0 aromatic rings. The van der Waals surface area contributed by atoms with Gasteiger partial charge in [0.2, 0.25) is 0 Å². The van der Waals surface area contributed by atoms with Crippen LogP contribution in [0.25, 0.3) is 0 Å². The van der Waals surface area contributed by atoms with Gasteiger partial charge in [0.25, 0.3) is 0 Å². The highest BCUT2D eigenvalue weighted by molar-refractivity contribution is 5.53. The Balaban J connectivity index is 2.41. The molecule has 0 heterocycles. The molecule has 1 fully saturated rings. The van der Waals surface area contributed by atoms with Gasteiger partial charge >= 0.3 is 0 Å². The van der Waals surface area contributed by atoms with Crippen molar-refractivity contribution in [3.05, 3.63) is 0 Å². The molecule has 0 atom stereocenters. The monoisotopic (exact) mass is 172 g/mol. The van der Waals surface area contributed by atoms with E-state index in [0.29, 0.717) is 0 Å². The third-order valence-electron chi connectivity index (χ3n) is 2.94. The van der Waals surface area contributed by atoms with Crippen LogP contribution in [-0.4, -0.2) is 12.0 Å². The van der Waals surface area contributed by atoms with Crippen LogP contribution < -0.4 is 0 Å². The maximum absolute atomic E-state index is 13.4. The van der Waals surface area contributed by atoms with Gasteiger partial charge in [-0.25, -0.2) is 4.39 Å². The van der Waals surface area contributed by atoms with Gasteiger partial charge in [0.1, 0.15) is 12.0 Å². The van der Waals surface area contributed by atoms with Gasteiger partial charge in [-0.1, -0.05) is 0 Å². The predicted molar refractivity (Wildman–Crippen MR) is 46.7 cm³/mol. The van der Waals surface area contributed by atoms with E-state index in [1.807, 2.05) is 0 Å². The summed E-state index contributed by atoms with van der Waals surface area (Å²) < 4.78 is 13.4. The van der Waals surface area contributed by atoms with Gasteiger partial charge in [-0.05, 0) is 45.4 Å². The summed E-state index contributed by atoms with van der Waals surface area (Å²) in [6, 6.07) is 0. The van der Waals surface area contributed by atoms with E-state index in [2.05, 4.69) is 0 Å². The second-order valence-electron chi connectivity index (χ2n) is 4.31. The first kappa shape index (κ1) is 9.69. The molecular formula is C10H17FO. The lowest BCUT2D eigenvalue weighted by molar-refractivity contribution is -0.112. The Bertz CT molecular complexity index is 152. The number of aldehydes is 1. The van der Waals surface area contributed by atoms with Crippen LogP contribution in [0, 0.1) is 11.8 Å². The summed E-state index contributed by atoms with van der Waals surface area (Å²) in [6.45, 7) is 3.28. The predicted octanol–water partition coefficient (Wildman–Crippen LogP) is 2.74. The molecule has 0 amide bonds. The molecular weight excluding hydrogens is 155 g/mol. The molecule has 2 heteroatoms. The van der Waals surface area contributed by atoms with Crippen molar-refractivity contribution >= 4 is 6.29 Å². The fraction of sp³-hybridized carbons (Fsp3) is 0.900. The van der Waals surface area contributed by atoms with Gasteiger partial charge < -0.3 is 4.79 Å². The van der Waals surface area contributed by atoms with Crippen LogP contribution in [0.4, 0.5) is 4.39 Å².